The minimum atomic E-state index is -0.151. The topological polar surface area (TPSA) is 55.6 Å². The number of aromatic nitrogens is 2. The molecular formula is C15H10ClN3O2. The average Bonchev–Trinajstić information content (AvgIpc) is 2.89. The number of fused-ring (bicyclic) bond motifs is 2. The molecule has 0 spiro atoms. The minimum absolute atomic E-state index is 0.0548. The van der Waals surface area contributed by atoms with Gasteiger partial charge in [-0.3, -0.25) is 4.79 Å². The van der Waals surface area contributed by atoms with Gasteiger partial charge in [0.1, 0.15) is 11.4 Å². The number of ether oxygens (including phenoxy) is 1. The first kappa shape index (κ1) is 12.2. The summed E-state index contributed by atoms with van der Waals surface area (Å²) in [6.07, 6.45) is 3.70. The van der Waals surface area contributed by atoms with Gasteiger partial charge in [-0.2, -0.15) is 0 Å². The number of carbonyl (C=O) groups excluding carboxylic acids is 1. The van der Waals surface area contributed by atoms with Crippen LogP contribution in [-0.2, 0) is 4.79 Å². The molecule has 1 aliphatic rings. The largest absolute Gasteiger partial charge is 0.482 e. The van der Waals surface area contributed by atoms with E-state index in [-0.39, 0.29) is 12.5 Å². The van der Waals surface area contributed by atoms with Crippen LogP contribution in [0.1, 0.15) is 0 Å². The third kappa shape index (κ3) is 2.11. The van der Waals surface area contributed by atoms with Crippen molar-refractivity contribution in [2.45, 2.75) is 0 Å². The lowest BCUT2D eigenvalue weighted by atomic mass is 10.1. The normalized spacial score (nSPS) is 13.7. The molecule has 1 aromatic carbocycles. The molecule has 0 atom stereocenters. The smallest absolute Gasteiger partial charge is 0.262 e. The lowest BCUT2D eigenvalue weighted by Gasteiger charge is -2.18. The van der Waals surface area contributed by atoms with Crippen molar-refractivity contribution in [2.75, 3.05) is 11.9 Å². The Balaban J connectivity index is 1.81. The van der Waals surface area contributed by atoms with Crippen LogP contribution in [0.3, 0.4) is 0 Å². The summed E-state index contributed by atoms with van der Waals surface area (Å²) in [4.78, 5) is 15.9. The molecule has 1 aliphatic heterocycles. The van der Waals surface area contributed by atoms with Crippen LogP contribution in [0, 0.1) is 0 Å². The van der Waals surface area contributed by atoms with Gasteiger partial charge in [-0.05, 0) is 30.3 Å². The van der Waals surface area contributed by atoms with Crippen LogP contribution < -0.4 is 10.1 Å². The van der Waals surface area contributed by atoms with Crippen molar-refractivity contribution in [3.8, 4) is 17.0 Å². The predicted molar refractivity (Wildman–Crippen MR) is 79.8 cm³/mol. The van der Waals surface area contributed by atoms with E-state index >= 15 is 0 Å². The van der Waals surface area contributed by atoms with E-state index in [4.69, 9.17) is 16.3 Å². The Morgan fingerprint density at radius 1 is 1.24 bits per heavy atom. The summed E-state index contributed by atoms with van der Waals surface area (Å²) >= 11 is 5.97. The Labute approximate surface area is 125 Å². The highest BCUT2D eigenvalue weighted by atomic mass is 35.5. The molecule has 5 nitrogen and oxygen atoms in total. The summed E-state index contributed by atoms with van der Waals surface area (Å²) in [5.74, 6) is 0.520. The van der Waals surface area contributed by atoms with Crippen LogP contribution in [0.5, 0.6) is 5.75 Å². The van der Waals surface area contributed by atoms with E-state index in [0.29, 0.717) is 16.5 Å². The maximum Gasteiger partial charge on any atom is 0.262 e. The standard InChI is InChI=1S/C15H10ClN3O2/c16-10-2-4-14-17-12(7-19(14)6-10)9-1-3-13-11(5-9)18-15(20)8-21-13/h1-7H,8H2,(H,18,20). The van der Waals surface area contributed by atoms with Crippen LogP contribution in [-0.4, -0.2) is 21.9 Å². The van der Waals surface area contributed by atoms with Crippen molar-refractivity contribution >= 4 is 28.8 Å². The first-order chi connectivity index (χ1) is 10.2. The maximum absolute atomic E-state index is 11.4. The molecule has 6 heteroatoms. The van der Waals surface area contributed by atoms with E-state index < -0.39 is 0 Å². The third-order valence-corrected chi connectivity index (χ3v) is 3.55. The van der Waals surface area contributed by atoms with Crippen molar-refractivity contribution in [3.63, 3.8) is 0 Å². The Hall–Kier alpha value is -2.53. The number of amides is 1. The summed E-state index contributed by atoms with van der Waals surface area (Å²) < 4.78 is 7.21. The number of hydrogen-bond acceptors (Lipinski definition) is 3. The van der Waals surface area contributed by atoms with Gasteiger partial charge in [-0.1, -0.05) is 11.6 Å². The minimum Gasteiger partial charge on any atom is -0.482 e. The molecule has 0 bridgehead atoms. The average molecular weight is 300 g/mol. The fourth-order valence-electron chi connectivity index (χ4n) is 2.35. The molecule has 21 heavy (non-hydrogen) atoms. The maximum atomic E-state index is 11.4. The van der Waals surface area contributed by atoms with E-state index in [2.05, 4.69) is 10.3 Å². The van der Waals surface area contributed by atoms with Crippen molar-refractivity contribution in [3.05, 3.63) is 47.7 Å². The van der Waals surface area contributed by atoms with Gasteiger partial charge in [0.2, 0.25) is 0 Å². The number of rotatable bonds is 1. The van der Waals surface area contributed by atoms with Crippen molar-refractivity contribution in [1.29, 1.82) is 0 Å². The number of halogens is 1. The highest BCUT2D eigenvalue weighted by Gasteiger charge is 2.17. The van der Waals surface area contributed by atoms with Gasteiger partial charge < -0.3 is 14.5 Å². The fraction of sp³-hybridized carbons (Fsp3) is 0.0667. The lowest BCUT2D eigenvalue weighted by Crippen LogP contribution is -2.25. The Kier molecular flexibility index (Phi) is 2.62. The molecule has 0 radical (unpaired) electrons. The van der Waals surface area contributed by atoms with Crippen LogP contribution in [0.25, 0.3) is 16.9 Å². The number of benzene rings is 1. The molecule has 104 valence electrons. The first-order valence-electron chi connectivity index (χ1n) is 6.40. The van der Waals surface area contributed by atoms with Crippen LogP contribution >= 0.6 is 11.6 Å². The molecule has 3 aromatic rings. The fourth-order valence-corrected chi connectivity index (χ4v) is 2.51. The van der Waals surface area contributed by atoms with Crippen LogP contribution in [0.4, 0.5) is 5.69 Å². The molecule has 1 N–H and O–H groups in total. The molecule has 0 saturated carbocycles. The Morgan fingerprint density at radius 2 is 2.14 bits per heavy atom. The number of nitrogens with one attached hydrogen (secondary N) is 1. The first-order valence-corrected chi connectivity index (χ1v) is 6.78. The molecule has 0 saturated heterocycles. The SMILES string of the molecule is O=C1COc2ccc(-c3cn4cc(Cl)ccc4n3)cc2N1. The molecule has 1 amide bonds. The monoisotopic (exact) mass is 299 g/mol. The van der Waals surface area contributed by atoms with E-state index in [0.717, 1.165) is 16.9 Å². The molecule has 3 heterocycles. The summed E-state index contributed by atoms with van der Waals surface area (Å²) in [5.41, 5.74) is 3.19. The van der Waals surface area contributed by atoms with E-state index in [1.807, 2.05) is 34.9 Å². The van der Waals surface area contributed by atoms with Crippen molar-refractivity contribution in [1.82, 2.24) is 9.38 Å². The lowest BCUT2D eigenvalue weighted by molar-refractivity contribution is -0.118. The second-order valence-electron chi connectivity index (χ2n) is 4.79. The number of nitrogens with zero attached hydrogens (tertiary/aromatic N) is 2. The van der Waals surface area contributed by atoms with Crippen molar-refractivity contribution in [2.24, 2.45) is 0 Å². The van der Waals surface area contributed by atoms with Gasteiger partial charge in [-0.25, -0.2) is 4.98 Å². The predicted octanol–water partition coefficient (Wildman–Crippen LogP) is 2.99. The van der Waals surface area contributed by atoms with Gasteiger partial charge >= 0.3 is 0 Å². The van der Waals surface area contributed by atoms with Gasteiger partial charge in [0.15, 0.2) is 6.61 Å². The Bertz CT molecular complexity index is 872. The summed E-state index contributed by atoms with van der Waals surface area (Å²) in [6.45, 7) is 0.0548. The van der Waals surface area contributed by atoms with Gasteiger partial charge in [0, 0.05) is 18.0 Å². The molecule has 0 unspecified atom stereocenters. The molecule has 4 rings (SSSR count). The zero-order valence-electron chi connectivity index (χ0n) is 10.8. The molecule has 0 fully saturated rings. The zero-order valence-corrected chi connectivity index (χ0v) is 11.6. The molecule has 2 aromatic heterocycles. The second-order valence-corrected chi connectivity index (χ2v) is 5.22. The summed E-state index contributed by atoms with van der Waals surface area (Å²) in [7, 11) is 0. The number of hydrogen-bond donors (Lipinski definition) is 1. The molecule has 0 aliphatic carbocycles. The zero-order chi connectivity index (χ0) is 14.4. The van der Waals surface area contributed by atoms with Gasteiger partial charge in [0.25, 0.3) is 5.91 Å². The van der Waals surface area contributed by atoms with Crippen molar-refractivity contribution < 1.29 is 9.53 Å². The number of anilines is 1. The third-order valence-electron chi connectivity index (χ3n) is 3.32. The van der Waals surface area contributed by atoms with Crippen LogP contribution in [0.2, 0.25) is 5.02 Å². The highest BCUT2D eigenvalue weighted by Crippen LogP contribution is 2.32. The van der Waals surface area contributed by atoms with E-state index in [1.54, 1.807) is 12.3 Å². The summed E-state index contributed by atoms with van der Waals surface area (Å²) in [6, 6.07) is 9.26. The molecular weight excluding hydrogens is 290 g/mol. The quantitative estimate of drug-likeness (QED) is 0.751. The Morgan fingerprint density at radius 3 is 3.05 bits per heavy atom. The van der Waals surface area contributed by atoms with E-state index in [1.165, 1.54) is 0 Å². The second kappa shape index (κ2) is 4.49. The van der Waals surface area contributed by atoms with Crippen LogP contribution in [0.15, 0.2) is 42.7 Å². The number of carbonyl (C=O) groups is 1. The van der Waals surface area contributed by atoms with Gasteiger partial charge in [-0.15, -0.1) is 0 Å². The van der Waals surface area contributed by atoms with E-state index in [9.17, 15) is 4.79 Å². The number of pyridine rings is 1. The van der Waals surface area contributed by atoms with Gasteiger partial charge in [0.05, 0.1) is 16.4 Å². The summed E-state index contributed by atoms with van der Waals surface area (Å²) in [5, 5.41) is 3.44. The number of imidazole rings is 1. The highest BCUT2D eigenvalue weighted by molar-refractivity contribution is 6.30.